The molecule has 2 atom stereocenters. The first-order valence-corrected chi connectivity index (χ1v) is 9.13. The van der Waals surface area contributed by atoms with E-state index in [1.807, 2.05) is 25.1 Å². The van der Waals surface area contributed by atoms with Crippen LogP contribution in [0, 0.1) is 0 Å². The minimum atomic E-state index is -0.304. The predicted molar refractivity (Wildman–Crippen MR) is 94.9 cm³/mol. The van der Waals surface area contributed by atoms with Crippen LogP contribution in [0.25, 0.3) is 0 Å². The van der Waals surface area contributed by atoms with Crippen LogP contribution in [0.15, 0.2) is 18.2 Å². The first kappa shape index (κ1) is 18.0. The zero-order valence-electron chi connectivity index (χ0n) is 15.0. The molecule has 0 spiro atoms. The third-order valence-electron chi connectivity index (χ3n) is 4.89. The maximum atomic E-state index is 12.4. The number of hydrogen-bond acceptors (Lipinski definition) is 5. The number of carbonyl (C=O) groups excluding carboxylic acids is 1. The molecule has 2 N–H and O–H groups in total. The van der Waals surface area contributed by atoms with Gasteiger partial charge in [0.15, 0.2) is 11.5 Å². The summed E-state index contributed by atoms with van der Waals surface area (Å²) >= 11 is 0. The third kappa shape index (κ3) is 4.64. The van der Waals surface area contributed by atoms with Crippen molar-refractivity contribution in [2.75, 3.05) is 20.3 Å². The van der Waals surface area contributed by atoms with Gasteiger partial charge in [-0.25, -0.2) is 0 Å². The average Bonchev–Trinajstić information content (AvgIpc) is 3.13. The molecule has 1 saturated carbocycles. The van der Waals surface area contributed by atoms with E-state index >= 15 is 0 Å². The Labute approximate surface area is 149 Å². The number of nitrogens with one attached hydrogen (secondary N) is 2. The van der Waals surface area contributed by atoms with E-state index in [1.165, 1.54) is 12.8 Å². The van der Waals surface area contributed by atoms with E-state index in [-0.39, 0.29) is 24.2 Å². The topological polar surface area (TPSA) is 68.8 Å². The van der Waals surface area contributed by atoms with Gasteiger partial charge < -0.3 is 24.8 Å². The van der Waals surface area contributed by atoms with Gasteiger partial charge in [-0.05, 0) is 50.3 Å². The van der Waals surface area contributed by atoms with E-state index in [1.54, 1.807) is 7.11 Å². The Morgan fingerprint density at radius 2 is 2.12 bits per heavy atom. The number of benzene rings is 1. The Hall–Kier alpha value is -1.79. The van der Waals surface area contributed by atoms with Gasteiger partial charge in [-0.1, -0.05) is 6.07 Å². The Kier molecular flexibility index (Phi) is 6.15. The summed E-state index contributed by atoms with van der Waals surface area (Å²) in [4.78, 5) is 12.4. The Morgan fingerprint density at radius 3 is 2.84 bits per heavy atom. The van der Waals surface area contributed by atoms with Crippen LogP contribution in [-0.4, -0.2) is 44.4 Å². The zero-order valence-corrected chi connectivity index (χ0v) is 15.0. The largest absolute Gasteiger partial charge is 0.493 e. The standard InChI is InChI=1S/C19H28N2O4/c1-13-18(20-9-10-24-13)19(22)21-12-14-7-8-16(23-2)17(11-14)25-15-5-3-4-6-15/h7-8,11,13,15,18,20H,3-6,9-10,12H2,1-2H3,(H,21,22)/t13-,18+/m1/s1. The molecule has 1 heterocycles. The van der Waals surface area contributed by atoms with E-state index < -0.39 is 0 Å². The van der Waals surface area contributed by atoms with Gasteiger partial charge in [-0.2, -0.15) is 0 Å². The van der Waals surface area contributed by atoms with Crippen molar-refractivity contribution in [2.45, 2.75) is 57.4 Å². The molecule has 1 aliphatic heterocycles. The Morgan fingerprint density at radius 1 is 1.32 bits per heavy atom. The van der Waals surface area contributed by atoms with Crippen molar-refractivity contribution in [3.05, 3.63) is 23.8 Å². The van der Waals surface area contributed by atoms with Crippen LogP contribution in [-0.2, 0) is 16.1 Å². The van der Waals surface area contributed by atoms with Crippen molar-refractivity contribution >= 4 is 5.91 Å². The van der Waals surface area contributed by atoms with Crippen LogP contribution in [0.5, 0.6) is 11.5 Å². The molecule has 0 bridgehead atoms. The van der Waals surface area contributed by atoms with Gasteiger partial charge in [0.1, 0.15) is 6.04 Å². The fourth-order valence-corrected chi connectivity index (χ4v) is 3.44. The molecule has 1 saturated heterocycles. The summed E-state index contributed by atoms with van der Waals surface area (Å²) < 4.78 is 17.0. The summed E-state index contributed by atoms with van der Waals surface area (Å²) in [5.74, 6) is 1.45. The lowest BCUT2D eigenvalue weighted by Gasteiger charge is -2.29. The van der Waals surface area contributed by atoms with Crippen molar-refractivity contribution in [3.8, 4) is 11.5 Å². The highest BCUT2D eigenvalue weighted by Gasteiger charge is 2.28. The summed E-state index contributed by atoms with van der Waals surface area (Å²) in [6.45, 7) is 3.71. The van der Waals surface area contributed by atoms with Gasteiger partial charge >= 0.3 is 0 Å². The molecule has 1 aromatic carbocycles. The average molecular weight is 348 g/mol. The highest BCUT2D eigenvalue weighted by molar-refractivity contribution is 5.82. The minimum absolute atomic E-state index is 0.0405. The van der Waals surface area contributed by atoms with E-state index in [0.29, 0.717) is 19.7 Å². The summed E-state index contributed by atoms with van der Waals surface area (Å²) in [6, 6.07) is 5.51. The molecular formula is C19H28N2O4. The van der Waals surface area contributed by atoms with Crippen LogP contribution in [0.2, 0.25) is 0 Å². The number of morpholine rings is 1. The minimum Gasteiger partial charge on any atom is -0.493 e. The number of methoxy groups -OCH3 is 1. The molecule has 1 aromatic rings. The Bertz CT molecular complexity index is 587. The second kappa shape index (κ2) is 8.54. The van der Waals surface area contributed by atoms with Crippen LogP contribution in [0.3, 0.4) is 0 Å². The lowest BCUT2D eigenvalue weighted by Crippen LogP contribution is -2.55. The number of hydrogen-bond donors (Lipinski definition) is 2. The molecule has 1 amide bonds. The number of rotatable bonds is 6. The fraction of sp³-hybridized carbons (Fsp3) is 0.632. The maximum Gasteiger partial charge on any atom is 0.240 e. The van der Waals surface area contributed by atoms with Gasteiger partial charge in [0.05, 0.1) is 25.9 Å². The van der Waals surface area contributed by atoms with Gasteiger partial charge in [0.2, 0.25) is 5.91 Å². The van der Waals surface area contributed by atoms with Crippen molar-refractivity contribution in [3.63, 3.8) is 0 Å². The molecule has 0 unspecified atom stereocenters. The summed E-state index contributed by atoms with van der Waals surface area (Å²) in [6.07, 6.45) is 4.77. The molecule has 2 fully saturated rings. The highest BCUT2D eigenvalue weighted by atomic mass is 16.5. The summed E-state index contributed by atoms with van der Waals surface area (Å²) in [5, 5.41) is 6.18. The molecule has 0 aromatic heterocycles. The molecule has 6 heteroatoms. The molecule has 3 rings (SSSR count). The van der Waals surface area contributed by atoms with Crippen LogP contribution >= 0.6 is 0 Å². The highest BCUT2D eigenvalue weighted by Crippen LogP contribution is 2.32. The summed E-state index contributed by atoms with van der Waals surface area (Å²) in [7, 11) is 1.65. The molecular weight excluding hydrogens is 320 g/mol. The molecule has 25 heavy (non-hydrogen) atoms. The van der Waals surface area contributed by atoms with Crippen molar-refractivity contribution < 1.29 is 19.0 Å². The SMILES string of the molecule is COc1ccc(CNC(=O)[C@H]2NCCO[C@@H]2C)cc1OC1CCCC1. The molecule has 138 valence electrons. The molecule has 0 radical (unpaired) electrons. The number of ether oxygens (including phenoxy) is 3. The van der Waals surface area contributed by atoms with E-state index in [0.717, 1.165) is 29.9 Å². The van der Waals surface area contributed by atoms with Crippen molar-refractivity contribution in [1.29, 1.82) is 0 Å². The second-order valence-corrected chi connectivity index (χ2v) is 6.74. The fourth-order valence-electron chi connectivity index (χ4n) is 3.44. The summed E-state index contributed by atoms with van der Waals surface area (Å²) in [5.41, 5.74) is 0.992. The van der Waals surface area contributed by atoms with Gasteiger partial charge in [-0.15, -0.1) is 0 Å². The molecule has 2 aliphatic rings. The van der Waals surface area contributed by atoms with Crippen LogP contribution in [0.1, 0.15) is 38.2 Å². The van der Waals surface area contributed by atoms with E-state index in [9.17, 15) is 4.79 Å². The lowest BCUT2D eigenvalue weighted by atomic mass is 10.1. The van der Waals surface area contributed by atoms with Gasteiger partial charge in [-0.3, -0.25) is 4.79 Å². The maximum absolute atomic E-state index is 12.4. The predicted octanol–water partition coefficient (Wildman–Crippen LogP) is 2.01. The van der Waals surface area contributed by atoms with Gasteiger partial charge in [0.25, 0.3) is 0 Å². The van der Waals surface area contributed by atoms with Crippen molar-refractivity contribution in [2.24, 2.45) is 0 Å². The molecule has 6 nitrogen and oxygen atoms in total. The monoisotopic (exact) mass is 348 g/mol. The quantitative estimate of drug-likeness (QED) is 0.823. The number of carbonyl (C=O) groups is 1. The first-order chi connectivity index (χ1) is 12.2. The van der Waals surface area contributed by atoms with Crippen molar-refractivity contribution in [1.82, 2.24) is 10.6 Å². The third-order valence-corrected chi connectivity index (χ3v) is 4.89. The molecule has 1 aliphatic carbocycles. The second-order valence-electron chi connectivity index (χ2n) is 6.74. The lowest BCUT2D eigenvalue weighted by molar-refractivity contribution is -0.129. The van der Waals surface area contributed by atoms with Crippen LogP contribution < -0.4 is 20.1 Å². The smallest absolute Gasteiger partial charge is 0.240 e. The normalized spacial score (nSPS) is 24.1. The Balaban J connectivity index is 1.60. The van der Waals surface area contributed by atoms with Gasteiger partial charge in [0, 0.05) is 13.1 Å². The first-order valence-electron chi connectivity index (χ1n) is 9.13. The van der Waals surface area contributed by atoms with Crippen LogP contribution in [0.4, 0.5) is 0 Å². The van der Waals surface area contributed by atoms with E-state index in [4.69, 9.17) is 14.2 Å². The van der Waals surface area contributed by atoms with E-state index in [2.05, 4.69) is 10.6 Å². The number of amides is 1. The zero-order chi connectivity index (χ0) is 17.6.